The minimum atomic E-state index is -0.918. The summed E-state index contributed by atoms with van der Waals surface area (Å²) < 4.78 is 35.7. The van der Waals surface area contributed by atoms with Gasteiger partial charge in [0.25, 0.3) is 0 Å². The van der Waals surface area contributed by atoms with Crippen molar-refractivity contribution in [2.75, 3.05) is 25.0 Å². The highest BCUT2D eigenvalue weighted by Crippen LogP contribution is 2.44. The number of piperidine rings is 1. The van der Waals surface area contributed by atoms with Crippen molar-refractivity contribution in [2.24, 2.45) is 0 Å². The molecule has 5 nitrogen and oxygen atoms in total. The summed E-state index contributed by atoms with van der Waals surface area (Å²) in [5.41, 5.74) is 4.07. The van der Waals surface area contributed by atoms with Crippen LogP contribution in [-0.2, 0) is 6.42 Å². The molecule has 1 atom stereocenters. The summed E-state index contributed by atoms with van der Waals surface area (Å²) >= 11 is 0. The lowest BCUT2D eigenvalue weighted by Crippen LogP contribution is -2.33. The van der Waals surface area contributed by atoms with Crippen molar-refractivity contribution in [3.8, 4) is 22.6 Å². The molecular formula is C25H28F2N4O. The van der Waals surface area contributed by atoms with Crippen LogP contribution in [0.3, 0.4) is 0 Å². The van der Waals surface area contributed by atoms with Crippen LogP contribution in [0.4, 0.5) is 14.5 Å². The Kier molecular flexibility index (Phi) is 5.59. The molecule has 32 heavy (non-hydrogen) atoms. The van der Waals surface area contributed by atoms with Crippen LogP contribution in [0.2, 0.25) is 0 Å². The second kappa shape index (κ2) is 8.54. The number of nitrogens with zero attached hydrogens (tertiary/aromatic N) is 3. The van der Waals surface area contributed by atoms with E-state index in [9.17, 15) is 8.78 Å². The van der Waals surface area contributed by atoms with Crippen LogP contribution in [0.25, 0.3) is 11.1 Å². The molecule has 5 rings (SSSR count). The van der Waals surface area contributed by atoms with E-state index in [1.165, 1.54) is 6.07 Å². The maximum atomic E-state index is 13.9. The Morgan fingerprint density at radius 1 is 1.06 bits per heavy atom. The Labute approximate surface area is 187 Å². The van der Waals surface area contributed by atoms with Gasteiger partial charge in [0.05, 0.1) is 12.2 Å². The van der Waals surface area contributed by atoms with Gasteiger partial charge in [-0.05, 0) is 70.0 Å². The fourth-order valence-corrected chi connectivity index (χ4v) is 4.72. The van der Waals surface area contributed by atoms with E-state index >= 15 is 0 Å². The van der Waals surface area contributed by atoms with Gasteiger partial charge in [-0.1, -0.05) is 0 Å². The molecular weight excluding hydrogens is 410 g/mol. The summed E-state index contributed by atoms with van der Waals surface area (Å²) in [6.45, 7) is 4.19. The minimum absolute atomic E-state index is 0.283. The van der Waals surface area contributed by atoms with Gasteiger partial charge in [-0.25, -0.2) is 8.78 Å². The molecule has 0 radical (unpaired) electrons. The van der Waals surface area contributed by atoms with Crippen LogP contribution in [0.15, 0.2) is 42.7 Å². The van der Waals surface area contributed by atoms with Crippen LogP contribution >= 0.6 is 0 Å². The van der Waals surface area contributed by atoms with Gasteiger partial charge in [0.1, 0.15) is 11.5 Å². The largest absolute Gasteiger partial charge is 0.456 e. The minimum Gasteiger partial charge on any atom is -0.456 e. The molecule has 1 unspecified atom stereocenters. The first-order valence-corrected chi connectivity index (χ1v) is 11.3. The van der Waals surface area contributed by atoms with Gasteiger partial charge in [-0.15, -0.1) is 0 Å². The first-order chi connectivity index (χ1) is 15.5. The van der Waals surface area contributed by atoms with E-state index < -0.39 is 11.6 Å². The predicted molar refractivity (Wildman–Crippen MR) is 121 cm³/mol. The first-order valence-electron chi connectivity index (χ1n) is 11.3. The number of hydrogen-bond acceptors (Lipinski definition) is 4. The van der Waals surface area contributed by atoms with Gasteiger partial charge < -0.3 is 15.0 Å². The number of anilines is 1. The molecule has 3 heterocycles. The molecule has 0 aliphatic carbocycles. The van der Waals surface area contributed by atoms with E-state index in [2.05, 4.69) is 41.5 Å². The highest BCUT2D eigenvalue weighted by Gasteiger charge is 2.26. The predicted octanol–water partition coefficient (Wildman–Crippen LogP) is 5.32. The lowest BCUT2D eigenvalue weighted by atomic mass is 9.93. The van der Waals surface area contributed by atoms with Crippen molar-refractivity contribution >= 4 is 5.69 Å². The van der Waals surface area contributed by atoms with E-state index in [1.54, 1.807) is 0 Å². The molecule has 0 saturated carbocycles. The number of rotatable bonds is 4. The summed E-state index contributed by atoms with van der Waals surface area (Å²) in [6.07, 6.45) is 7.89. The van der Waals surface area contributed by atoms with Crippen LogP contribution in [0, 0.1) is 11.6 Å². The molecule has 1 aromatic heterocycles. The third-order valence-corrected chi connectivity index (χ3v) is 6.80. The van der Waals surface area contributed by atoms with Crippen molar-refractivity contribution < 1.29 is 13.5 Å². The maximum absolute atomic E-state index is 13.9. The third kappa shape index (κ3) is 3.86. The lowest BCUT2D eigenvalue weighted by Gasteiger charge is -2.35. The Morgan fingerprint density at radius 2 is 1.88 bits per heavy atom. The molecule has 0 spiro atoms. The summed E-state index contributed by atoms with van der Waals surface area (Å²) in [4.78, 5) is 2.25. The van der Waals surface area contributed by atoms with Crippen LogP contribution < -0.4 is 15.0 Å². The van der Waals surface area contributed by atoms with Crippen LogP contribution in [0.5, 0.6) is 11.5 Å². The van der Waals surface area contributed by atoms with Gasteiger partial charge in [0, 0.05) is 47.7 Å². The average Bonchev–Trinajstić information content (AvgIpc) is 3.30. The highest BCUT2D eigenvalue weighted by atomic mass is 19.2. The number of fused-ring (bicyclic) bond motifs is 1. The van der Waals surface area contributed by atoms with E-state index in [0.717, 1.165) is 73.3 Å². The molecule has 1 N–H and O–H groups in total. The molecule has 168 valence electrons. The lowest BCUT2D eigenvalue weighted by molar-refractivity contribution is 0.343. The van der Waals surface area contributed by atoms with Crippen molar-refractivity contribution in [1.82, 2.24) is 15.1 Å². The molecule has 2 aliphatic rings. The van der Waals surface area contributed by atoms with Crippen molar-refractivity contribution in [3.05, 3.63) is 59.9 Å². The topological polar surface area (TPSA) is 42.3 Å². The average molecular weight is 439 g/mol. The van der Waals surface area contributed by atoms with E-state index in [0.29, 0.717) is 17.8 Å². The van der Waals surface area contributed by atoms with Gasteiger partial charge in [-0.2, -0.15) is 5.10 Å². The molecule has 7 heteroatoms. The number of aromatic nitrogens is 2. The Balaban J connectivity index is 1.57. The van der Waals surface area contributed by atoms with Crippen LogP contribution in [0.1, 0.15) is 37.8 Å². The zero-order valence-electron chi connectivity index (χ0n) is 18.4. The second-order valence-corrected chi connectivity index (χ2v) is 8.81. The number of benzene rings is 2. The maximum Gasteiger partial charge on any atom is 0.162 e. The van der Waals surface area contributed by atoms with Gasteiger partial charge in [0.2, 0.25) is 0 Å². The zero-order valence-corrected chi connectivity index (χ0v) is 18.4. The molecule has 2 aliphatic heterocycles. The first kappa shape index (κ1) is 20.9. The van der Waals surface area contributed by atoms with E-state index in [1.807, 2.05) is 16.9 Å². The third-order valence-electron chi connectivity index (χ3n) is 6.80. The van der Waals surface area contributed by atoms with Gasteiger partial charge in [0.15, 0.2) is 11.6 Å². The fourth-order valence-electron chi connectivity index (χ4n) is 4.72. The van der Waals surface area contributed by atoms with Crippen molar-refractivity contribution in [3.63, 3.8) is 0 Å². The Morgan fingerprint density at radius 3 is 2.66 bits per heavy atom. The van der Waals surface area contributed by atoms with E-state index in [4.69, 9.17) is 4.74 Å². The second-order valence-electron chi connectivity index (χ2n) is 8.81. The number of ether oxygens (including phenoxy) is 1. The zero-order chi connectivity index (χ0) is 22.2. The summed E-state index contributed by atoms with van der Waals surface area (Å²) in [5, 5.41) is 8.03. The Bertz CT molecular complexity index is 1120. The number of nitrogens with one attached hydrogen (secondary N) is 1. The monoisotopic (exact) mass is 438 g/mol. The molecule has 0 bridgehead atoms. The van der Waals surface area contributed by atoms with Crippen molar-refractivity contribution in [2.45, 2.75) is 44.7 Å². The highest BCUT2D eigenvalue weighted by molar-refractivity contribution is 5.78. The van der Waals surface area contributed by atoms with E-state index in [-0.39, 0.29) is 5.75 Å². The molecule has 1 fully saturated rings. The smallest absolute Gasteiger partial charge is 0.162 e. The molecule has 1 saturated heterocycles. The van der Waals surface area contributed by atoms with Crippen molar-refractivity contribution in [1.29, 1.82) is 0 Å². The summed E-state index contributed by atoms with van der Waals surface area (Å²) in [7, 11) is 2.08. The van der Waals surface area contributed by atoms with Gasteiger partial charge in [-0.3, -0.25) is 4.68 Å². The standard InChI is InChI=1S/C25H28F2N4O/c1-16-3-5-21-24(30(16)2)8-6-20(25(21)32-19-4-7-22(26)23(27)13-19)17-14-29-31(15-17)18-9-11-28-12-10-18/h4,6-8,13-16,18,28H,3,5,9-12H2,1-2H3. The SMILES string of the molecule is CC1CCc2c(ccc(-c3cnn(C4CCNCC4)c3)c2Oc2ccc(F)c(F)c2)N1C. The van der Waals surface area contributed by atoms with Gasteiger partial charge >= 0.3 is 0 Å². The Hall–Kier alpha value is -2.93. The summed E-state index contributed by atoms with van der Waals surface area (Å²) in [5.74, 6) is -0.828. The summed E-state index contributed by atoms with van der Waals surface area (Å²) in [6, 6.07) is 8.65. The normalized spacial score (nSPS) is 19.1. The molecule has 3 aromatic rings. The molecule has 0 amide bonds. The quantitative estimate of drug-likeness (QED) is 0.599. The fraction of sp³-hybridized carbons (Fsp3) is 0.400. The van der Waals surface area contributed by atoms with Crippen LogP contribution in [-0.4, -0.2) is 36.0 Å². The molecule has 2 aromatic carbocycles. The number of hydrogen-bond donors (Lipinski definition) is 1. The number of halogens is 2.